The van der Waals surface area contributed by atoms with Crippen molar-refractivity contribution in [3.05, 3.63) is 46.2 Å². The van der Waals surface area contributed by atoms with Crippen LogP contribution in [-0.2, 0) is 6.18 Å². The smallest absolute Gasteiger partial charge is 0.409 e. The van der Waals surface area contributed by atoms with Crippen LogP contribution in [0.3, 0.4) is 0 Å². The predicted molar refractivity (Wildman–Crippen MR) is 68.8 cm³/mol. The molecule has 0 spiro atoms. The highest BCUT2D eigenvalue weighted by atomic mass is 79.9. The number of halogens is 4. The number of hydrogen-bond acceptors (Lipinski definition) is 3. The van der Waals surface area contributed by atoms with Crippen molar-refractivity contribution in [2.24, 2.45) is 10.9 Å². The van der Waals surface area contributed by atoms with Gasteiger partial charge in [0.05, 0.1) is 5.69 Å². The summed E-state index contributed by atoms with van der Waals surface area (Å²) in [5, 5.41) is 14.9. The number of rotatable bonds is 2. The molecule has 1 heterocycles. The Hall–Kier alpha value is -2.03. The van der Waals surface area contributed by atoms with Gasteiger partial charge < -0.3 is 10.9 Å². The Bertz CT molecular complexity index is 666. The van der Waals surface area contributed by atoms with E-state index in [4.69, 9.17) is 10.9 Å². The summed E-state index contributed by atoms with van der Waals surface area (Å²) >= 11 is 3.20. The van der Waals surface area contributed by atoms with Crippen molar-refractivity contribution < 1.29 is 18.4 Å². The van der Waals surface area contributed by atoms with Crippen LogP contribution in [0.2, 0.25) is 0 Å². The number of oxime groups is 1. The second-order valence-corrected chi connectivity index (χ2v) is 4.65. The van der Waals surface area contributed by atoms with Crippen molar-refractivity contribution in [1.29, 1.82) is 0 Å². The highest BCUT2D eigenvalue weighted by Crippen LogP contribution is 2.28. The van der Waals surface area contributed by atoms with E-state index < -0.39 is 11.9 Å². The minimum atomic E-state index is -4.49. The van der Waals surface area contributed by atoms with Gasteiger partial charge in [0, 0.05) is 16.2 Å². The molecule has 0 fully saturated rings. The Morgan fingerprint density at radius 3 is 2.55 bits per heavy atom. The SMILES string of the molecule is N/C(=N/O)c1ccc(-n2ccc(C(F)(F)F)n2)cc1Br. The van der Waals surface area contributed by atoms with Crippen LogP contribution in [0.25, 0.3) is 5.69 Å². The maximum absolute atomic E-state index is 12.5. The number of nitrogens with zero attached hydrogens (tertiary/aromatic N) is 3. The van der Waals surface area contributed by atoms with E-state index in [-0.39, 0.29) is 5.84 Å². The molecular formula is C11H8BrF3N4O. The lowest BCUT2D eigenvalue weighted by atomic mass is 10.2. The van der Waals surface area contributed by atoms with E-state index in [0.717, 1.165) is 10.7 Å². The average Bonchev–Trinajstić information content (AvgIpc) is 2.87. The molecule has 0 amide bonds. The highest BCUT2D eigenvalue weighted by molar-refractivity contribution is 9.10. The van der Waals surface area contributed by atoms with Gasteiger partial charge in [-0.25, -0.2) is 4.68 Å². The van der Waals surface area contributed by atoms with Gasteiger partial charge in [-0.2, -0.15) is 18.3 Å². The Balaban J connectivity index is 2.40. The minimum absolute atomic E-state index is 0.111. The van der Waals surface area contributed by atoms with E-state index in [2.05, 4.69) is 26.2 Å². The number of benzene rings is 1. The fourth-order valence-electron chi connectivity index (χ4n) is 1.53. The lowest BCUT2D eigenvalue weighted by molar-refractivity contribution is -0.141. The van der Waals surface area contributed by atoms with Gasteiger partial charge in [0.25, 0.3) is 0 Å². The third kappa shape index (κ3) is 2.77. The molecule has 0 unspecified atom stereocenters. The van der Waals surface area contributed by atoms with Crippen molar-refractivity contribution in [3.63, 3.8) is 0 Å². The number of nitrogens with two attached hydrogens (primary N) is 1. The predicted octanol–water partition coefficient (Wildman–Crippen LogP) is 2.75. The first kappa shape index (κ1) is 14.4. The van der Waals surface area contributed by atoms with E-state index in [1.54, 1.807) is 0 Å². The summed E-state index contributed by atoms with van der Waals surface area (Å²) in [6.45, 7) is 0. The number of hydrogen-bond donors (Lipinski definition) is 2. The molecule has 0 radical (unpaired) electrons. The summed E-state index contributed by atoms with van der Waals surface area (Å²) in [6, 6.07) is 5.40. The first-order chi connectivity index (χ1) is 9.32. The molecule has 106 valence electrons. The molecule has 20 heavy (non-hydrogen) atoms. The Morgan fingerprint density at radius 1 is 1.35 bits per heavy atom. The number of amidine groups is 1. The molecule has 0 saturated heterocycles. The molecule has 3 N–H and O–H groups in total. The third-order valence-electron chi connectivity index (χ3n) is 2.48. The zero-order valence-corrected chi connectivity index (χ0v) is 11.4. The Labute approximate surface area is 119 Å². The number of aromatic nitrogens is 2. The van der Waals surface area contributed by atoms with Crippen molar-refractivity contribution >= 4 is 21.8 Å². The van der Waals surface area contributed by atoms with E-state index in [0.29, 0.717) is 15.7 Å². The van der Waals surface area contributed by atoms with Crippen LogP contribution >= 0.6 is 15.9 Å². The lowest BCUT2D eigenvalue weighted by Crippen LogP contribution is -2.14. The third-order valence-corrected chi connectivity index (χ3v) is 3.14. The summed E-state index contributed by atoms with van der Waals surface area (Å²) in [7, 11) is 0. The quantitative estimate of drug-likeness (QED) is 0.379. The van der Waals surface area contributed by atoms with Crippen LogP contribution in [0.15, 0.2) is 40.1 Å². The molecule has 1 aromatic carbocycles. The summed E-state index contributed by atoms with van der Waals surface area (Å²) in [6.07, 6.45) is -3.29. The van der Waals surface area contributed by atoms with Crippen LogP contribution < -0.4 is 5.73 Å². The van der Waals surface area contributed by atoms with Crippen LogP contribution in [0.5, 0.6) is 0 Å². The van der Waals surface area contributed by atoms with E-state index in [1.165, 1.54) is 24.4 Å². The van der Waals surface area contributed by atoms with Crippen molar-refractivity contribution in [1.82, 2.24) is 9.78 Å². The van der Waals surface area contributed by atoms with Gasteiger partial charge in [0.15, 0.2) is 11.5 Å². The van der Waals surface area contributed by atoms with E-state index in [1.807, 2.05) is 0 Å². The van der Waals surface area contributed by atoms with Gasteiger partial charge >= 0.3 is 6.18 Å². The topological polar surface area (TPSA) is 76.4 Å². The molecule has 2 rings (SSSR count). The fourth-order valence-corrected chi connectivity index (χ4v) is 2.10. The maximum atomic E-state index is 12.5. The second kappa shape index (κ2) is 5.16. The summed E-state index contributed by atoms with van der Waals surface area (Å²) in [5.74, 6) is -0.111. The lowest BCUT2D eigenvalue weighted by Gasteiger charge is -2.06. The zero-order chi connectivity index (χ0) is 14.9. The van der Waals surface area contributed by atoms with Gasteiger partial charge in [-0.3, -0.25) is 0 Å². The van der Waals surface area contributed by atoms with E-state index in [9.17, 15) is 13.2 Å². The van der Waals surface area contributed by atoms with Gasteiger partial charge in [0.2, 0.25) is 0 Å². The molecule has 0 aliphatic carbocycles. The van der Waals surface area contributed by atoms with Crippen LogP contribution in [0, 0.1) is 0 Å². The fraction of sp³-hybridized carbons (Fsp3) is 0.0909. The molecule has 0 bridgehead atoms. The molecule has 2 aromatic rings. The first-order valence-electron chi connectivity index (χ1n) is 5.23. The highest BCUT2D eigenvalue weighted by Gasteiger charge is 2.33. The molecule has 0 aliphatic rings. The Morgan fingerprint density at radius 2 is 2.05 bits per heavy atom. The standard InChI is InChI=1S/C11H8BrF3N4O/c12-8-5-6(1-2-7(8)10(16)18-20)19-4-3-9(17-19)11(13,14)15/h1-5,20H,(H2,16,18). The van der Waals surface area contributed by atoms with Gasteiger partial charge in [0.1, 0.15) is 0 Å². The summed E-state index contributed by atoms with van der Waals surface area (Å²) in [4.78, 5) is 0. The molecular weight excluding hydrogens is 341 g/mol. The average molecular weight is 349 g/mol. The first-order valence-corrected chi connectivity index (χ1v) is 6.03. The van der Waals surface area contributed by atoms with Gasteiger partial charge in [-0.15, -0.1) is 0 Å². The van der Waals surface area contributed by atoms with Gasteiger partial charge in [-0.05, 0) is 40.2 Å². The van der Waals surface area contributed by atoms with Crippen LogP contribution in [-0.4, -0.2) is 20.8 Å². The largest absolute Gasteiger partial charge is 0.435 e. The molecule has 0 saturated carbocycles. The molecule has 9 heteroatoms. The Kier molecular flexibility index (Phi) is 3.71. The zero-order valence-electron chi connectivity index (χ0n) is 9.76. The monoisotopic (exact) mass is 348 g/mol. The van der Waals surface area contributed by atoms with Crippen molar-refractivity contribution in [2.45, 2.75) is 6.18 Å². The summed E-state index contributed by atoms with van der Waals surface area (Å²) < 4.78 is 39.0. The molecule has 0 aliphatic heterocycles. The van der Waals surface area contributed by atoms with Crippen LogP contribution in [0.4, 0.5) is 13.2 Å². The summed E-state index contributed by atoms with van der Waals surface area (Å²) in [5.41, 5.74) is 5.29. The maximum Gasteiger partial charge on any atom is 0.435 e. The van der Waals surface area contributed by atoms with Gasteiger partial charge in [-0.1, -0.05) is 5.16 Å². The molecule has 0 atom stereocenters. The normalized spacial score (nSPS) is 12.7. The molecule has 5 nitrogen and oxygen atoms in total. The van der Waals surface area contributed by atoms with Crippen molar-refractivity contribution in [2.75, 3.05) is 0 Å². The van der Waals surface area contributed by atoms with E-state index >= 15 is 0 Å². The minimum Gasteiger partial charge on any atom is -0.409 e. The van der Waals surface area contributed by atoms with Crippen molar-refractivity contribution in [3.8, 4) is 5.69 Å². The van der Waals surface area contributed by atoms with Crippen LogP contribution in [0.1, 0.15) is 11.3 Å². The second-order valence-electron chi connectivity index (χ2n) is 3.79. The number of alkyl halides is 3. The molecule has 1 aromatic heterocycles.